The Balaban J connectivity index is 0.00000144. The molecular weight excluding hydrogens is 225 g/mol. The van der Waals surface area contributed by atoms with Gasteiger partial charge in [0.15, 0.2) is 0 Å². The molecule has 7 heteroatoms. The van der Waals surface area contributed by atoms with E-state index in [1.165, 1.54) is 12.1 Å². The van der Waals surface area contributed by atoms with Crippen LogP contribution in [-0.4, -0.2) is 13.0 Å². The quantitative estimate of drug-likeness (QED) is 0.338. The van der Waals surface area contributed by atoms with Crippen LogP contribution in [-0.2, 0) is 10.1 Å². The fourth-order valence-corrected chi connectivity index (χ4v) is 1.59. The van der Waals surface area contributed by atoms with Crippen LogP contribution in [0.15, 0.2) is 23.1 Å². The van der Waals surface area contributed by atoms with Crippen LogP contribution >= 0.6 is 11.6 Å². The molecule has 0 saturated carbocycles. The van der Waals surface area contributed by atoms with Gasteiger partial charge < -0.3 is 10.3 Å². The SMILES string of the molecule is Nc1c(Cl)cccc1S(=O)(=O)[O-].[Na+]. The molecule has 4 nitrogen and oxygen atoms in total. The molecule has 1 aromatic rings. The topological polar surface area (TPSA) is 83.2 Å². The molecule has 0 saturated heterocycles. The van der Waals surface area contributed by atoms with Crippen molar-refractivity contribution in [1.29, 1.82) is 0 Å². The first-order valence-electron chi connectivity index (χ1n) is 2.93. The number of nitrogen functional groups attached to an aromatic ring is 1. The van der Waals surface area contributed by atoms with E-state index in [0.717, 1.165) is 6.07 Å². The average molecular weight is 230 g/mol. The van der Waals surface area contributed by atoms with Gasteiger partial charge in [-0.1, -0.05) is 17.7 Å². The second kappa shape index (κ2) is 4.63. The van der Waals surface area contributed by atoms with E-state index >= 15 is 0 Å². The summed E-state index contributed by atoms with van der Waals surface area (Å²) in [6.07, 6.45) is 0. The van der Waals surface area contributed by atoms with Crippen LogP contribution in [0.25, 0.3) is 0 Å². The van der Waals surface area contributed by atoms with Crippen LogP contribution in [0.4, 0.5) is 5.69 Å². The first kappa shape index (κ1) is 13.2. The molecule has 0 amide bonds. The van der Waals surface area contributed by atoms with Crippen molar-refractivity contribution in [2.75, 3.05) is 5.73 Å². The number of benzene rings is 1. The molecule has 0 aliphatic rings. The second-order valence-corrected chi connectivity index (χ2v) is 3.86. The normalized spacial score (nSPS) is 10.6. The molecule has 0 aliphatic carbocycles. The molecule has 0 radical (unpaired) electrons. The van der Waals surface area contributed by atoms with Gasteiger partial charge in [-0.25, -0.2) is 8.42 Å². The van der Waals surface area contributed by atoms with Crippen molar-refractivity contribution in [1.82, 2.24) is 0 Å². The second-order valence-electron chi connectivity index (χ2n) is 2.11. The van der Waals surface area contributed by atoms with Crippen LogP contribution in [0.5, 0.6) is 0 Å². The molecule has 0 aromatic heterocycles. The maximum atomic E-state index is 10.5. The number of nitrogens with two attached hydrogens (primary N) is 1. The standard InChI is InChI=1S/C6H6ClNO3S.Na/c7-4-2-1-3-5(6(4)8)12(9,10)11;/h1-3H,8H2,(H,9,10,11);/q;+1/p-1. The number of hydrogen-bond donors (Lipinski definition) is 1. The first-order valence-corrected chi connectivity index (χ1v) is 4.71. The van der Waals surface area contributed by atoms with E-state index in [1.54, 1.807) is 0 Å². The zero-order valence-corrected chi connectivity index (χ0v) is 10.4. The van der Waals surface area contributed by atoms with Crippen LogP contribution in [0, 0.1) is 0 Å². The third-order valence-electron chi connectivity index (χ3n) is 1.28. The van der Waals surface area contributed by atoms with Crippen molar-refractivity contribution in [3.63, 3.8) is 0 Å². The average Bonchev–Trinajstić information content (AvgIpc) is 1.92. The van der Waals surface area contributed by atoms with E-state index in [1.807, 2.05) is 0 Å². The smallest absolute Gasteiger partial charge is 0.744 e. The van der Waals surface area contributed by atoms with Crippen molar-refractivity contribution in [2.45, 2.75) is 4.90 Å². The summed E-state index contributed by atoms with van der Waals surface area (Å²) in [7, 11) is -4.52. The van der Waals surface area contributed by atoms with Crippen LogP contribution in [0.2, 0.25) is 5.02 Å². The molecule has 66 valence electrons. The minimum absolute atomic E-state index is 0. The molecule has 0 aliphatic heterocycles. The Bertz CT molecular complexity index is 406. The molecule has 1 rings (SSSR count). The summed E-state index contributed by atoms with van der Waals surface area (Å²) < 4.78 is 31.5. The summed E-state index contributed by atoms with van der Waals surface area (Å²) in [6, 6.07) is 3.87. The van der Waals surface area contributed by atoms with Gasteiger partial charge in [0, 0.05) is 0 Å². The maximum absolute atomic E-state index is 10.5. The fourth-order valence-electron chi connectivity index (χ4n) is 0.735. The van der Waals surface area contributed by atoms with E-state index in [0.29, 0.717) is 0 Å². The van der Waals surface area contributed by atoms with Gasteiger partial charge in [0.05, 0.1) is 15.6 Å². The van der Waals surface area contributed by atoms with Gasteiger partial charge in [0.25, 0.3) is 0 Å². The third-order valence-corrected chi connectivity index (χ3v) is 2.51. The van der Waals surface area contributed by atoms with Gasteiger partial charge in [0.1, 0.15) is 10.1 Å². The van der Waals surface area contributed by atoms with Crippen LogP contribution in [0.3, 0.4) is 0 Å². The zero-order valence-electron chi connectivity index (χ0n) is 6.82. The Hall–Kier alpha value is 0.220. The van der Waals surface area contributed by atoms with E-state index in [4.69, 9.17) is 17.3 Å². The summed E-state index contributed by atoms with van der Waals surface area (Å²) >= 11 is 5.49. The van der Waals surface area contributed by atoms with Gasteiger partial charge in [0.2, 0.25) is 0 Å². The molecule has 2 N–H and O–H groups in total. The minimum Gasteiger partial charge on any atom is -0.744 e. The van der Waals surface area contributed by atoms with Crippen molar-refractivity contribution in [3.8, 4) is 0 Å². The molecule has 0 atom stereocenters. The summed E-state index contributed by atoms with van der Waals surface area (Å²) in [6.45, 7) is 0. The maximum Gasteiger partial charge on any atom is 1.00 e. The largest absolute Gasteiger partial charge is 1.00 e. The number of para-hydroxylation sites is 1. The molecule has 0 spiro atoms. The fraction of sp³-hybridized carbons (Fsp3) is 0. The van der Waals surface area contributed by atoms with Crippen molar-refractivity contribution < 1.29 is 42.5 Å². The molecule has 13 heavy (non-hydrogen) atoms. The van der Waals surface area contributed by atoms with Crippen LogP contribution < -0.4 is 35.3 Å². The number of halogens is 1. The van der Waals surface area contributed by atoms with Crippen LogP contribution in [0.1, 0.15) is 0 Å². The first-order chi connectivity index (χ1) is 5.43. The molecule has 0 heterocycles. The van der Waals surface area contributed by atoms with E-state index in [-0.39, 0.29) is 40.3 Å². The Morgan fingerprint density at radius 3 is 2.31 bits per heavy atom. The number of hydrogen-bond acceptors (Lipinski definition) is 4. The summed E-state index contributed by atoms with van der Waals surface area (Å²) in [5.41, 5.74) is 5.06. The van der Waals surface area contributed by atoms with Gasteiger partial charge in [-0.3, -0.25) is 0 Å². The molecule has 0 unspecified atom stereocenters. The Labute approximate surface area is 103 Å². The zero-order chi connectivity index (χ0) is 9.35. The van der Waals surface area contributed by atoms with Crippen molar-refractivity contribution in [2.24, 2.45) is 0 Å². The summed E-state index contributed by atoms with van der Waals surface area (Å²) in [5, 5.41) is 0.0620. The van der Waals surface area contributed by atoms with Gasteiger partial charge in [-0.2, -0.15) is 0 Å². The van der Waals surface area contributed by atoms with E-state index < -0.39 is 15.0 Å². The van der Waals surface area contributed by atoms with Gasteiger partial charge >= 0.3 is 29.6 Å². The summed E-state index contributed by atoms with van der Waals surface area (Å²) in [4.78, 5) is -0.477. The number of anilines is 1. The number of rotatable bonds is 1. The predicted molar refractivity (Wildman–Crippen MR) is 43.8 cm³/mol. The third kappa shape index (κ3) is 3.12. The Morgan fingerprint density at radius 1 is 1.38 bits per heavy atom. The van der Waals surface area contributed by atoms with E-state index in [9.17, 15) is 13.0 Å². The monoisotopic (exact) mass is 229 g/mol. The van der Waals surface area contributed by atoms with Gasteiger partial charge in [-0.05, 0) is 12.1 Å². The Kier molecular flexibility index (Phi) is 4.71. The molecule has 0 fully saturated rings. The molecule has 0 bridgehead atoms. The Morgan fingerprint density at radius 2 is 1.92 bits per heavy atom. The van der Waals surface area contributed by atoms with Crippen molar-refractivity contribution >= 4 is 27.4 Å². The minimum atomic E-state index is -4.52. The summed E-state index contributed by atoms with van der Waals surface area (Å²) in [5.74, 6) is 0. The molecule has 1 aromatic carbocycles. The van der Waals surface area contributed by atoms with Gasteiger partial charge in [-0.15, -0.1) is 0 Å². The van der Waals surface area contributed by atoms with Crippen molar-refractivity contribution in [3.05, 3.63) is 23.2 Å². The predicted octanol–water partition coefficient (Wildman–Crippen LogP) is -2.17. The van der Waals surface area contributed by atoms with E-state index in [2.05, 4.69) is 0 Å². The molecular formula is C6H5ClNNaO3S.